The molecule has 0 aromatic heterocycles. The molecule has 0 radical (unpaired) electrons. The van der Waals surface area contributed by atoms with E-state index < -0.39 is 5.92 Å². The Morgan fingerprint density at radius 3 is 2.84 bits per heavy atom. The van der Waals surface area contributed by atoms with Crippen LogP contribution in [0.25, 0.3) is 0 Å². The van der Waals surface area contributed by atoms with Crippen molar-refractivity contribution in [1.82, 2.24) is 10.2 Å². The van der Waals surface area contributed by atoms with Gasteiger partial charge in [0.1, 0.15) is 5.82 Å². The van der Waals surface area contributed by atoms with Crippen LogP contribution in [-0.2, 0) is 9.59 Å². The number of halogens is 1. The molecule has 2 N–H and O–H groups in total. The summed E-state index contributed by atoms with van der Waals surface area (Å²) in [7, 11) is 0. The molecule has 5 nitrogen and oxygen atoms in total. The van der Waals surface area contributed by atoms with E-state index in [1.165, 1.54) is 57.0 Å². The Morgan fingerprint density at radius 1 is 1.32 bits per heavy atom. The minimum Gasteiger partial charge on any atom is -0.355 e. The predicted octanol–water partition coefficient (Wildman–Crippen LogP) is 2.39. The van der Waals surface area contributed by atoms with Crippen LogP contribution in [0.15, 0.2) is 18.2 Å². The van der Waals surface area contributed by atoms with E-state index in [-0.39, 0.29) is 29.6 Å². The fraction of sp³-hybridized carbons (Fsp3) is 0.579. The first-order valence-corrected chi connectivity index (χ1v) is 9.19. The molecule has 6 heteroatoms. The van der Waals surface area contributed by atoms with Crippen molar-refractivity contribution in [2.75, 3.05) is 25.0 Å². The molecule has 1 aromatic carbocycles. The third kappa shape index (κ3) is 3.03. The lowest BCUT2D eigenvalue weighted by Gasteiger charge is -2.32. The van der Waals surface area contributed by atoms with E-state index >= 15 is 0 Å². The number of anilines is 1. The van der Waals surface area contributed by atoms with Crippen molar-refractivity contribution in [3.8, 4) is 0 Å². The zero-order valence-corrected chi connectivity index (χ0v) is 14.3. The number of amides is 2. The second-order valence-corrected chi connectivity index (χ2v) is 7.50. The first-order valence-electron chi connectivity index (χ1n) is 9.19. The van der Waals surface area contributed by atoms with Crippen LogP contribution in [0.3, 0.4) is 0 Å². The first-order chi connectivity index (χ1) is 12.1. The third-order valence-corrected chi connectivity index (χ3v) is 6.07. The minimum absolute atomic E-state index is 0.0690. The molecule has 4 rings (SSSR count). The number of carbonyl (C=O) groups excluding carboxylic acids is 2. The highest BCUT2D eigenvalue weighted by molar-refractivity contribution is 6.01. The van der Waals surface area contributed by atoms with E-state index in [0.29, 0.717) is 17.8 Å². The summed E-state index contributed by atoms with van der Waals surface area (Å²) in [5.74, 6) is -1.38. The Bertz CT molecular complexity index is 696. The van der Waals surface area contributed by atoms with E-state index in [9.17, 15) is 14.0 Å². The highest BCUT2D eigenvalue weighted by atomic mass is 19.1. The molecule has 0 saturated carbocycles. The Hall–Kier alpha value is -1.95. The summed E-state index contributed by atoms with van der Waals surface area (Å²) in [6, 6.07) is 4.18. The van der Waals surface area contributed by atoms with Crippen LogP contribution in [-0.4, -0.2) is 41.9 Å². The smallest absolute Gasteiger partial charge is 0.228 e. The summed E-state index contributed by atoms with van der Waals surface area (Å²) in [4.78, 5) is 27.1. The van der Waals surface area contributed by atoms with Gasteiger partial charge in [0.25, 0.3) is 0 Å². The number of rotatable bonds is 4. The molecule has 0 aliphatic carbocycles. The van der Waals surface area contributed by atoms with Gasteiger partial charge >= 0.3 is 0 Å². The number of nitrogens with one attached hydrogen (secondary N) is 2. The van der Waals surface area contributed by atoms with Crippen molar-refractivity contribution in [1.29, 1.82) is 0 Å². The quantitative estimate of drug-likeness (QED) is 0.881. The van der Waals surface area contributed by atoms with Crippen molar-refractivity contribution < 1.29 is 14.0 Å². The Balaban J connectivity index is 1.42. The van der Waals surface area contributed by atoms with Crippen molar-refractivity contribution in [3.63, 3.8) is 0 Å². The molecule has 1 aromatic rings. The maximum atomic E-state index is 13.6. The molecule has 2 amide bonds. The fourth-order valence-corrected chi connectivity index (χ4v) is 4.84. The minimum atomic E-state index is -0.611. The van der Waals surface area contributed by atoms with Gasteiger partial charge in [0.2, 0.25) is 11.8 Å². The van der Waals surface area contributed by atoms with Crippen LogP contribution in [0, 0.1) is 5.82 Å². The lowest BCUT2D eigenvalue weighted by molar-refractivity contribution is -0.126. The molecule has 0 unspecified atom stereocenters. The predicted molar refractivity (Wildman–Crippen MR) is 92.8 cm³/mol. The van der Waals surface area contributed by atoms with Gasteiger partial charge in [0.05, 0.1) is 5.92 Å². The van der Waals surface area contributed by atoms with Crippen molar-refractivity contribution >= 4 is 17.5 Å². The van der Waals surface area contributed by atoms with Crippen molar-refractivity contribution in [3.05, 3.63) is 29.6 Å². The Kier molecular flexibility index (Phi) is 4.23. The van der Waals surface area contributed by atoms with Gasteiger partial charge in [-0.05, 0) is 69.0 Å². The summed E-state index contributed by atoms with van der Waals surface area (Å²) in [5, 5.41) is 5.71. The average Bonchev–Trinajstić information content (AvgIpc) is 3.14. The molecule has 2 fully saturated rings. The number of hydrogen-bond donors (Lipinski definition) is 2. The zero-order valence-electron chi connectivity index (χ0n) is 14.3. The molecule has 0 bridgehead atoms. The number of fused-ring (bicyclic) bond motifs is 2. The monoisotopic (exact) mass is 345 g/mol. The molecule has 3 aliphatic heterocycles. The van der Waals surface area contributed by atoms with E-state index in [0.717, 1.165) is 6.42 Å². The van der Waals surface area contributed by atoms with Gasteiger partial charge in [-0.15, -0.1) is 0 Å². The summed E-state index contributed by atoms with van der Waals surface area (Å²) < 4.78 is 13.6. The van der Waals surface area contributed by atoms with Crippen LogP contribution >= 0.6 is 0 Å². The third-order valence-electron chi connectivity index (χ3n) is 6.07. The van der Waals surface area contributed by atoms with E-state index in [2.05, 4.69) is 15.5 Å². The molecule has 3 heterocycles. The number of benzene rings is 1. The molecule has 25 heavy (non-hydrogen) atoms. The zero-order chi connectivity index (χ0) is 17.4. The number of nitrogens with zero attached hydrogens (tertiary/aromatic N) is 1. The second-order valence-electron chi connectivity index (χ2n) is 7.50. The van der Waals surface area contributed by atoms with Gasteiger partial charge in [0, 0.05) is 24.2 Å². The number of carbonyl (C=O) groups is 2. The normalized spacial score (nSPS) is 24.5. The lowest BCUT2D eigenvalue weighted by Crippen LogP contribution is -2.42. The fourth-order valence-electron chi connectivity index (χ4n) is 4.84. The Labute approximate surface area is 147 Å². The second kappa shape index (κ2) is 6.41. The van der Waals surface area contributed by atoms with Crippen LogP contribution in [0.5, 0.6) is 0 Å². The summed E-state index contributed by atoms with van der Waals surface area (Å²) in [5.41, 5.74) is 1.37. The largest absolute Gasteiger partial charge is 0.355 e. The van der Waals surface area contributed by atoms with Gasteiger partial charge < -0.3 is 10.6 Å². The van der Waals surface area contributed by atoms with Gasteiger partial charge in [-0.3, -0.25) is 14.5 Å². The van der Waals surface area contributed by atoms with E-state index in [4.69, 9.17) is 0 Å². The first kappa shape index (κ1) is 16.5. The standard InChI is InChI=1S/C19H24FN3O2/c20-13-3-4-16-14(11-13)15(12-17(24)22-16)18(25)21-8-7-19-5-1-9-23(19)10-2-6-19/h3-4,11,15H,1-2,5-10,12H2,(H,21,25)(H,22,24)/t15-/m1/s1. The summed E-state index contributed by atoms with van der Waals surface area (Å²) in [6.45, 7) is 2.95. The Morgan fingerprint density at radius 2 is 2.08 bits per heavy atom. The van der Waals surface area contributed by atoms with Crippen LogP contribution in [0.2, 0.25) is 0 Å². The maximum Gasteiger partial charge on any atom is 0.228 e. The van der Waals surface area contributed by atoms with E-state index in [1.54, 1.807) is 0 Å². The van der Waals surface area contributed by atoms with Gasteiger partial charge in [0.15, 0.2) is 0 Å². The molecular formula is C19H24FN3O2. The SMILES string of the molecule is O=C1C[C@@H](C(=O)NCCC23CCCN2CCC3)c2cc(F)ccc2N1. The van der Waals surface area contributed by atoms with Gasteiger partial charge in [-0.25, -0.2) is 4.39 Å². The van der Waals surface area contributed by atoms with Crippen LogP contribution in [0.4, 0.5) is 10.1 Å². The van der Waals surface area contributed by atoms with Crippen LogP contribution in [0.1, 0.15) is 50.0 Å². The van der Waals surface area contributed by atoms with Crippen LogP contribution < -0.4 is 10.6 Å². The molecule has 0 spiro atoms. The average molecular weight is 345 g/mol. The van der Waals surface area contributed by atoms with Crippen molar-refractivity contribution in [2.24, 2.45) is 0 Å². The van der Waals surface area contributed by atoms with E-state index in [1.807, 2.05) is 0 Å². The molecule has 134 valence electrons. The molecule has 2 saturated heterocycles. The van der Waals surface area contributed by atoms with Crippen molar-refractivity contribution in [2.45, 2.75) is 50.0 Å². The number of hydrogen-bond acceptors (Lipinski definition) is 3. The summed E-state index contributed by atoms with van der Waals surface area (Å²) >= 11 is 0. The topological polar surface area (TPSA) is 61.4 Å². The molecule has 1 atom stereocenters. The van der Waals surface area contributed by atoms with Gasteiger partial charge in [-0.1, -0.05) is 0 Å². The maximum absolute atomic E-state index is 13.6. The lowest BCUT2D eigenvalue weighted by atomic mass is 9.88. The summed E-state index contributed by atoms with van der Waals surface area (Å²) in [6.07, 6.45) is 5.92. The molecule has 3 aliphatic rings. The highest BCUT2D eigenvalue weighted by Gasteiger charge is 2.43. The highest BCUT2D eigenvalue weighted by Crippen LogP contribution is 2.41. The van der Waals surface area contributed by atoms with Gasteiger partial charge in [-0.2, -0.15) is 0 Å². The molecular weight excluding hydrogens is 321 g/mol.